The Balaban J connectivity index is 1.65. The standard InChI is InChI=1S/C24H30Br2N2S4/c1-3-5-7-9-11-15-13-17(25)29-21(15)23-19-20(28-32-27-19)24(31-23)22-16(14-18(26)30-22)12-10-8-6-4-2/h13-14,27-28H,3-12H2,1-2H3. The molecule has 0 fully saturated rings. The third kappa shape index (κ3) is 5.80. The molecule has 0 spiro atoms. The summed E-state index contributed by atoms with van der Waals surface area (Å²) in [6.45, 7) is 4.56. The third-order valence-corrected chi connectivity index (χ3v) is 11.3. The molecule has 3 aromatic rings. The minimum Gasteiger partial charge on any atom is -0.309 e. The average Bonchev–Trinajstić information content (AvgIpc) is 3.53. The molecule has 0 amide bonds. The summed E-state index contributed by atoms with van der Waals surface area (Å²) in [5.41, 5.74) is 5.50. The van der Waals surface area contributed by atoms with Crippen LogP contribution in [0.25, 0.3) is 19.5 Å². The van der Waals surface area contributed by atoms with Crippen molar-refractivity contribution in [3.8, 4) is 19.5 Å². The molecule has 1 aliphatic heterocycles. The van der Waals surface area contributed by atoms with Crippen LogP contribution in [-0.2, 0) is 12.8 Å². The fraction of sp³-hybridized carbons (Fsp3) is 0.500. The SMILES string of the molecule is CCCCCCc1cc(Br)sc1-c1sc(-c2sc(Br)cc2CCCCCC)c2c1NSN2. The van der Waals surface area contributed by atoms with Gasteiger partial charge in [0.05, 0.1) is 50.6 Å². The first kappa shape index (κ1) is 25.1. The molecule has 0 aromatic carbocycles. The first-order chi connectivity index (χ1) is 15.6. The molecule has 8 heteroatoms. The van der Waals surface area contributed by atoms with Crippen LogP contribution in [-0.4, -0.2) is 0 Å². The summed E-state index contributed by atoms with van der Waals surface area (Å²) in [6.07, 6.45) is 12.7. The third-order valence-electron chi connectivity index (χ3n) is 5.78. The minimum absolute atomic E-state index is 1.16. The second kappa shape index (κ2) is 12.1. The van der Waals surface area contributed by atoms with Gasteiger partial charge in [-0.1, -0.05) is 52.4 Å². The number of anilines is 2. The van der Waals surface area contributed by atoms with Gasteiger partial charge in [-0.3, -0.25) is 0 Å². The van der Waals surface area contributed by atoms with Crippen LogP contribution < -0.4 is 9.44 Å². The summed E-state index contributed by atoms with van der Waals surface area (Å²) in [5.74, 6) is 0. The van der Waals surface area contributed by atoms with E-state index >= 15 is 0 Å². The summed E-state index contributed by atoms with van der Waals surface area (Å²) in [4.78, 5) is 5.63. The number of nitrogens with one attached hydrogen (secondary N) is 2. The molecule has 2 nitrogen and oxygen atoms in total. The lowest BCUT2D eigenvalue weighted by Crippen LogP contribution is -1.87. The molecule has 1 aliphatic rings. The summed E-state index contributed by atoms with van der Waals surface area (Å²) in [5, 5.41) is 0. The van der Waals surface area contributed by atoms with Gasteiger partial charge in [0.1, 0.15) is 0 Å². The molecule has 0 saturated heterocycles. The molecule has 32 heavy (non-hydrogen) atoms. The lowest BCUT2D eigenvalue weighted by atomic mass is 10.1. The second-order valence-electron chi connectivity index (χ2n) is 8.25. The van der Waals surface area contributed by atoms with E-state index in [1.165, 1.54) is 101 Å². The molecular formula is C24H30Br2N2S4. The average molecular weight is 635 g/mol. The number of fused-ring (bicyclic) bond motifs is 1. The van der Waals surface area contributed by atoms with E-state index in [1.54, 1.807) is 12.1 Å². The highest BCUT2D eigenvalue weighted by molar-refractivity contribution is 9.11. The molecule has 4 heterocycles. The molecule has 0 aliphatic carbocycles. The summed E-state index contributed by atoms with van der Waals surface area (Å²) in [7, 11) is 0. The van der Waals surface area contributed by atoms with E-state index < -0.39 is 0 Å². The van der Waals surface area contributed by atoms with E-state index in [2.05, 4.69) is 67.3 Å². The number of halogens is 2. The minimum atomic E-state index is 1.16. The van der Waals surface area contributed by atoms with Gasteiger partial charge in [0.2, 0.25) is 0 Å². The Morgan fingerprint density at radius 1 is 0.625 bits per heavy atom. The number of hydrogen-bond donors (Lipinski definition) is 2. The second-order valence-corrected chi connectivity index (χ2v) is 14.7. The Kier molecular flexibility index (Phi) is 9.51. The van der Waals surface area contributed by atoms with Crippen LogP contribution in [0.15, 0.2) is 19.7 Å². The van der Waals surface area contributed by atoms with E-state index in [0.29, 0.717) is 0 Å². The van der Waals surface area contributed by atoms with Crippen molar-refractivity contribution in [1.82, 2.24) is 0 Å². The van der Waals surface area contributed by atoms with E-state index in [9.17, 15) is 0 Å². The van der Waals surface area contributed by atoms with Crippen LogP contribution in [0.4, 0.5) is 11.4 Å². The smallest absolute Gasteiger partial charge is 0.0902 e. The highest BCUT2D eigenvalue weighted by atomic mass is 79.9. The van der Waals surface area contributed by atoms with E-state index in [1.807, 2.05) is 34.0 Å². The molecule has 2 N–H and O–H groups in total. The Morgan fingerprint density at radius 2 is 1.09 bits per heavy atom. The number of rotatable bonds is 12. The number of aryl methyl sites for hydroxylation is 2. The molecule has 174 valence electrons. The zero-order valence-corrected chi connectivity index (χ0v) is 25.1. The molecule has 0 radical (unpaired) electrons. The quantitative estimate of drug-likeness (QED) is 0.153. The van der Waals surface area contributed by atoms with Crippen molar-refractivity contribution in [2.75, 3.05) is 9.44 Å². The van der Waals surface area contributed by atoms with Crippen LogP contribution >= 0.6 is 78.0 Å². The first-order valence-corrected chi connectivity index (χ1v) is 16.4. The van der Waals surface area contributed by atoms with Gasteiger partial charge in [-0.25, -0.2) is 0 Å². The monoisotopic (exact) mass is 632 g/mol. The fourth-order valence-electron chi connectivity index (χ4n) is 4.10. The number of thiophene rings is 3. The lowest BCUT2D eigenvalue weighted by Gasteiger charge is -2.05. The van der Waals surface area contributed by atoms with Gasteiger partial charge < -0.3 is 9.44 Å². The van der Waals surface area contributed by atoms with Crippen molar-refractivity contribution in [1.29, 1.82) is 0 Å². The van der Waals surface area contributed by atoms with Crippen molar-refractivity contribution in [2.24, 2.45) is 0 Å². The zero-order valence-electron chi connectivity index (χ0n) is 18.6. The van der Waals surface area contributed by atoms with Gasteiger partial charge in [0.25, 0.3) is 0 Å². The van der Waals surface area contributed by atoms with Crippen LogP contribution in [0.2, 0.25) is 0 Å². The van der Waals surface area contributed by atoms with Gasteiger partial charge in [0.15, 0.2) is 0 Å². The van der Waals surface area contributed by atoms with Crippen molar-refractivity contribution < 1.29 is 0 Å². The molecule has 0 atom stereocenters. The maximum atomic E-state index is 3.77. The van der Waals surface area contributed by atoms with Crippen LogP contribution in [0, 0.1) is 0 Å². The Bertz CT molecular complexity index is 959. The first-order valence-electron chi connectivity index (χ1n) is 11.5. The summed E-state index contributed by atoms with van der Waals surface area (Å²) in [6, 6.07) is 4.68. The highest BCUT2D eigenvalue weighted by Crippen LogP contribution is 2.57. The van der Waals surface area contributed by atoms with Crippen molar-refractivity contribution >= 4 is 89.4 Å². The van der Waals surface area contributed by atoms with Gasteiger partial charge >= 0.3 is 0 Å². The molecule has 3 aromatic heterocycles. The normalized spacial score (nSPS) is 12.8. The molecule has 4 rings (SSSR count). The van der Waals surface area contributed by atoms with Gasteiger partial charge in [-0.05, 0) is 80.8 Å². The molecular weight excluding hydrogens is 604 g/mol. The number of hydrogen-bond acceptors (Lipinski definition) is 6. The van der Waals surface area contributed by atoms with E-state index in [-0.39, 0.29) is 0 Å². The van der Waals surface area contributed by atoms with Crippen molar-refractivity contribution in [3.05, 3.63) is 30.8 Å². The van der Waals surface area contributed by atoms with Crippen LogP contribution in [0.5, 0.6) is 0 Å². The highest BCUT2D eigenvalue weighted by Gasteiger charge is 2.29. The Labute approximate surface area is 225 Å². The fourth-order valence-corrected chi connectivity index (χ4v) is 9.85. The predicted octanol–water partition coefficient (Wildman–Crippen LogP) is 11.4. The Morgan fingerprint density at radius 3 is 1.53 bits per heavy atom. The van der Waals surface area contributed by atoms with Crippen LogP contribution in [0.1, 0.15) is 76.3 Å². The summed E-state index contributed by atoms with van der Waals surface area (Å²) < 4.78 is 9.58. The molecule has 0 bridgehead atoms. The lowest BCUT2D eigenvalue weighted by molar-refractivity contribution is 0.668. The van der Waals surface area contributed by atoms with Crippen molar-refractivity contribution in [2.45, 2.75) is 78.1 Å². The zero-order chi connectivity index (χ0) is 22.5. The van der Waals surface area contributed by atoms with E-state index in [0.717, 1.165) is 12.8 Å². The maximum Gasteiger partial charge on any atom is 0.0902 e. The Hall–Kier alpha value is 0.01000. The molecule has 0 saturated carbocycles. The topological polar surface area (TPSA) is 24.1 Å². The van der Waals surface area contributed by atoms with Gasteiger partial charge in [-0.2, -0.15) is 0 Å². The largest absolute Gasteiger partial charge is 0.309 e. The van der Waals surface area contributed by atoms with Gasteiger partial charge in [-0.15, -0.1) is 34.0 Å². The summed E-state index contributed by atoms with van der Waals surface area (Å²) >= 11 is 14.8. The molecule has 0 unspecified atom stereocenters. The van der Waals surface area contributed by atoms with Crippen molar-refractivity contribution in [3.63, 3.8) is 0 Å². The van der Waals surface area contributed by atoms with E-state index in [4.69, 9.17) is 0 Å². The van der Waals surface area contributed by atoms with Crippen LogP contribution in [0.3, 0.4) is 0 Å². The maximum absolute atomic E-state index is 3.77. The predicted molar refractivity (Wildman–Crippen MR) is 157 cm³/mol. The number of unbranched alkanes of at least 4 members (excludes halogenated alkanes) is 6. The van der Waals surface area contributed by atoms with Gasteiger partial charge in [0, 0.05) is 0 Å².